The normalized spacial score (nSPS) is 10.5. The summed E-state index contributed by atoms with van der Waals surface area (Å²) in [5.41, 5.74) is 0.697. The second-order valence-corrected chi connectivity index (χ2v) is 5.72. The zero-order valence-electron chi connectivity index (χ0n) is 11.0. The molecule has 7 heteroatoms. The molecular formula is C13H15IN4OS. The van der Waals surface area contributed by atoms with E-state index in [-0.39, 0.29) is 5.91 Å². The number of benzene rings is 1. The fourth-order valence-corrected chi connectivity index (χ4v) is 2.81. The lowest BCUT2D eigenvalue weighted by Crippen LogP contribution is -2.27. The minimum absolute atomic E-state index is 0.0628. The van der Waals surface area contributed by atoms with Crippen molar-refractivity contribution in [2.45, 2.75) is 19.9 Å². The molecule has 0 unspecified atom stereocenters. The van der Waals surface area contributed by atoms with Gasteiger partial charge in [0.1, 0.15) is 5.82 Å². The molecule has 1 amide bonds. The smallest absolute Gasteiger partial charge is 0.252 e. The van der Waals surface area contributed by atoms with E-state index in [1.165, 1.54) is 0 Å². The van der Waals surface area contributed by atoms with Gasteiger partial charge in [-0.05, 0) is 53.9 Å². The Kier molecular flexibility index (Phi) is 5.30. The topological polar surface area (TPSA) is 62.7 Å². The van der Waals surface area contributed by atoms with E-state index in [1.54, 1.807) is 0 Å². The SMILES string of the molecule is CCn1c(CCNC(=O)c2ccccc2I)n[nH]c1=S. The fraction of sp³-hybridized carbons (Fsp3) is 0.308. The molecule has 0 bridgehead atoms. The van der Waals surface area contributed by atoms with Crippen molar-refractivity contribution in [2.75, 3.05) is 6.54 Å². The number of aromatic nitrogens is 3. The first-order valence-corrected chi connectivity index (χ1v) is 7.79. The lowest BCUT2D eigenvalue weighted by molar-refractivity contribution is 0.0953. The molecule has 1 aromatic carbocycles. The fourth-order valence-electron chi connectivity index (χ4n) is 1.90. The minimum Gasteiger partial charge on any atom is -0.352 e. The zero-order chi connectivity index (χ0) is 14.5. The quantitative estimate of drug-likeness (QED) is 0.597. The van der Waals surface area contributed by atoms with Gasteiger partial charge in [-0.3, -0.25) is 9.89 Å². The van der Waals surface area contributed by atoms with Crippen LogP contribution < -0.4 is 5.32 Å². The number of H-pyrrole nitrogens is 1. The molecule has 5 nitrogen and oxygen atoms in total. The third kappa shape index (κ3) is 3.45. The van der Waals surface area contributed by atoms with E-state index in [0.29, 0.717) is 23.3 Å². The van der Waals surface area contributed by atoms with Crippen molar-refractivity contribution < 1.29 is 4.79 Å². The van der Waals surface area contributed by atoms with Crippen LogP contribution >= 0.6 is 34.8 Å². The van der Waals surface area contributed by atoms with Crippen LogP contribution in [0.25, 0.3) is 0 Å². The van der Waals surface area contributed by atoms with Crippen molar-refractivity contribution >= 4 is 40.7 Å². The Morgan fingerprint density at radius 3 is 2.95 bits per heavy atom. The maximum absolute atomic E-state index is 12.0. The van der Waals surface area contributed by atoms with Gasteiger partial charge in [-0.15, -0.1) is 0 Å². The zero-order valence-corrected chi connectivity index (χ0v) is 14.0. The lowest BCUT2D eigenvalue weighted by Gasteiger charge is -2.07. The van der Waals surface area contributed by atoms with Crippen molar-refractivity contribution in [3.8, 4) is 0 Å². The van der Waals surface area contributed by atoms with Crippen molar-refractivity contribution in [1.82, 2.24) is 20.1 Å². The van der Waals surface area contributed by atoms with Crippen LogP contribution in [0.3, 0.4) is 0 Å². The first kappa shape index (κ1) is 15.2. The average Bonchev–Trinajstić information content (AvgIpc) is 2.79. The molecule has 0 saturated carbocycles. The number of hydrogen-bond acceptors (Lipinski definition) is 3. The van der Waals surface area contributed by atoms with Gasteiger partial charge in [0.15, 0.2) is 4.77 Å². The first-order chi connectivity index (χ1) is 9.63. The van der Waals surface area contributed by atoms with Crippen molar-refractivity contribution in [3.63, 3.8) is 0 Å². The molecule has 0 radical (unpaired) electrons. The van der Waals surface area contributed by atoms with E-state index in [0.717, 1.165) is 15.9 Å². The highest BCUT2D eigenvalue weighted by molar-refractivity contribution is 14.1. The molecule has 0 aliphatic carbocycles. The number of hydrogen-bond donors (Lipinski definition) is 2. The van der Waals surface area contributed by atoms with Gasteiger partial charge in [-0.1, -0.05) is 12.1 Å². The van der Waals surface area contributed by atoms with Crippen molar-refractivity contribution in [3.05, 3.63) is 44.0 Å². The van der Waals surface area contributed by atoms with Gasteiger partial charge in [-0.25, -0.2) is 0 Å². The van der Waals surface area contributed by atoms with Gasteiger partial charge in [0.2, 0.25) is 0 Å². The van der Waals surface area contributed by atoms with E-state index in [1.807, 2.05) is 35.8 Å². The van der Waals surface area contributed by atoms with E-state index < -0.39 is 0 Å². The van der Waals surface area contributed by atoms with Crippen LogP contribution in [-0.4, -0.2) is 27.2 Å². The average molecular weight is 402 g/mol. The van der Waals surface area contributed by atoms with Gasteiger partial charge in [0.25, 0.3) is 5.91 Å². The van der Waals surface area contributed by atoms with Gasteiger partial charge < -0.3 is 9.88 Å². The third-order valence-electron chi connectivity index (χ3n) is 2.91. The summed E-state index contributed by atoms with van der Waals surface area (Å²) in [5, 5.41) is 9.84. The molecule has 0 atom stereocenters. The monoisotopic (exact) mass is 402 g/mol. The van der Waals surface area contributed by atoms with E-state index in [4.69, 9.17) is 12.2 Å². The molecule has 1 aromatic heterocycles. The van der Waals surface area contributed by atoms with Crippen LogP contribution in [0.5, 0.6) is 0 Å². The Labute approximate surface area is 135 Å². The summed E-state index contributed by atoms with van der Waals surface area (Å²) >= 11 is 7.28. The highest BCUT2D eigenvalue weighted by Gasteiger charge is 2.09. The van der Waals surface area contributed by atoms with Crippen molar-refractivity contribution in [2.24, 2.45) is 0 Å². The number of rotatable bonds is 5. The highest BCUT2D eigenvalue weighted by Crippen LogP contribution is 2.10. The van der Waals surface area contributed by atoms with Crippen LogP contribution in [0.15, 0.2) is 24.3 Å². The molecule has 0 spiro atoms. The number of nitrogens with one attached hydrogen (secondary N) is 2. The van der Waals surface area contributed by atoms with E-state index in [9.17, 15) is 4.79 Å². The van der Waals surface area contributed by atoms with Crippen LogP contribution in [0.4, 0.5) is 0 Å². The molecule has 20 heavy (non-hydrogen) atoms. The van der Waals surface area contributed by atoms with E-state index in [2.05, 4.69) is 38.1 Å². The van der Waals surface area contributed by atoms with Crippen molar-refractivity contribution in [1.29, 1.82) is 0 Å². The maximum Gasteiger partial charge on any atom is 0.252 e. The number of nitrogens with zero attached hydrogens (tertiary/aromatic N) is 2. The summed E-state index contributed by atoms with van der Waals surface area (Å²) in [6.07, 6.45) is 0.649. The minimum atomic E-state index is -0.0628. The van der Waals surface area contributed by atoms with Gasteiger partial charge >= 0.3 is 0 Å². The first-order valence-electron chi connectivity index (χ1n) is 6.30. The summed E-state index contributed by atoms with van der Waals surface area (Å²) in [7, 11) is 0. The number of aromatic amines is 1. The number of carbonyl (C=O) groups excluding carboxylic acids is 1. The summed E-state index contributed by atoms with van der Waals surface area (Å²) in [6.45, 7) is 3.32. The molecule has 0 saturated heterocycles. The third-order valence-corrected chi connectivity index (χ3v) is 4.16. The molecule has 0 fully saturated rings. The van der Waals surface area contributed by atoms with Gasteiger partial charge in [0.05, 0.1) is 5.56 Å². The summed E-state index contributed by atoms with van der Waals surface area (Å²) in [6, 6.07) is 7.51. The van der Waals surface area contributed by atoms with E-state index >= 15 is 0 Å². The summed E-state index contributed by atoms with van der Waals surface area (Å²) < 4.78 is 3.48. The summed E-state index contributed by atoms with van der Waals surface area (Å²) in [4.78, 5) is 12.0. The van der Waals surface area contributed by atoms with Crippen LogP contribution in [-0.2, 0) is 13.0 Å². The Balaban J connectivity index is 1.95. The second kappa shape index (κ2) is 6.98. The maximum atomic E-state index is 12.0. The predicted octanol–water partition coefficient (Wildman–Crippen LogP) is 2.54. The molecule has 1 heterocycles. The molecule has 2 aromatic rings. The molecule has 2 N–H and O–H groups in total. The Bertz CT molecular complexity index is 664. The predicted molar refractivity (Wildman–Crippen MR) is 88.3 cm³/mol. The lowest BCUT2D eigenvalue weighted by atomic mass is 10.2. The van der Waals surface area contributed by atoms with Crippen LogP contribution in [0.2, 0.25) is 0 Å². The summed E-state index contributed by atoms with van der Waals surface area (Å²) in [5.74, 6) is 0.799. The standard InChI is InChI=1S/C13H15IN4OS/c1-2-18-11(16-17-13(18)20)7-8-15-12(19)9-5-3-4-6-10(9)14/h3-6H,2,7-8H2,1H3,(H,15,19)(H,17,20). The molecule has 0 aliphatic rings. The van der Waals surface area contributed by atoms with Gasteiger partial charge in [-0.2, -0.15) is 5.10 Å². The number of amides is 1. The number of halogens is 1. The molecule has 2 rings (SSSR count). The molecular weight excluding hydrogens is 387 g/mol. The van der Waals surface area contributed by atoms with Gasteiger partial charge in [0, 0.05) is 23.1 Å². The Hall–Kier alpha value is -1.22. The Morgan fingerprint density at radius 2 is 2.25 bits per heavy atom. The molecule has 0 aliphatic heterocycles. The largest absolute Gasteiger partial charge is 0.352 e. The second-order valence-electron chi connectivity index (χ2n) is 4.17. The van der Waals surface area contributed by atoms with Crippen LogP contribution in [0.1, 0.15) is 23.1 Å². The Morgan fingerprint density at radius 1 is 1.50 bits per heavy atom. The number of carbonyl (C=O) groups is 1. The molecule has 106 valence electrons. The highest BCUT2D eigenvalue weighted by atomic mass is 127. The van der Waals surface area contributed by atoms with Crippen LogP contribution in [0, 0.1) is 8.34 Å².